The number of nitrogens with one attached hydrogen (secondary N) is 2. The van der Waals surface area contributed by atoms with E-state index in [2.05, 4.69) is 15.6 Å². The minimum Gasteiger partial charge on any atom is -0.508 e. The van der Waals surface area contributed by atoms with E-state index in [0.29, 0.717) is 29.1 Å². The van der Waals surface area contributed by atoms with Gasteiger partial charge in [0.2, 0.25) is 0 Å². The van der Waals surface area contributed by atoms with Crippen LogP contribution in [0.4, 0.5) is 16.3 Å². The summed E-state index contributed by atoms with van der Waals surface area (Å²) in [5, 5.41) is 16.7. The summed E-state index contributed by atoms with van der Waals surface area (Å²) in [5.74, 6) is 0.505. The lowest BCUT2D eigenvalue weighted by atomic mass is 9.85. The Balaban J connectivity index is 1.53. The van der Waals surface area contributed by atoms with Crippen LogP contribution in [0.2, 0.25) is 0 Å². The van der Waals surface area contributed by atoms with E-state index in [0.717, 1.165) is 27.6 Å². The highest BCUT2D eigenvalue weighted by atomic mass is 16.4. The monoisotopic (exact) mass is 471 g/mol. The number of hydrogen-bond donors (Lipinski definition) is 3. The van der Waals surface area contributed by atoms with E-state index >= 15 is 0 Å². The zero-order valence-corrected chi connectivity index (χ0v) is 20.5. The number of rotatable bonds is 4. The van der Waals surface area contributed by atoms with Gasteiger partial charge in [-0.15, -0.1) is 0 Å². The number of carbonyl (C=O) groups is 1. The number of urea groups is 1. The Morgan fingerprint density at radius 1 is 1.03 bits per heavy atom. The van der Waals surface area contributed by atoms with Crippen LogP contribution in [0.3, 0.4) is 0 Å². The van der Waals surface area contributed by atoms with E-state index in [1.54, 1.807) is 12.3 Å². The molecule has 2 heterocycles. The van der Waals surface area contributed by atoms with Gasteiger partial charge in [0.05, 0.1) is 0 Å². The number of aromatic nitrogens is 1. The van der Waals surface area contributed by atoms with Crippen molar-refractivity contribution in [2.45, 2.75) is 46.5 Å². The Hall–Kier alpha value is -4.13. The number of nitrogens with zero attached hydrogens (tertiary/aromatic N) is 1. The van der Waals surface area contributed by atoms with Gasteiger partial charge in [0.25, 0.3) is 0 Å². The van der Waals surface area contributed by atoms with Crippen LogP contribution in [0.15, 0.2) is 63.9 Å². The van der Waals surface area contributed by atoms with Crippen molar-refractivity contribution in [2.24, 2.45) is 0 Å². The third-order valence-corrected chi connectivity index (χ3v) is 5.97. The van der Waals surface area contributed by atoms with Crippen molar-refractivity contribution in [3.05, 3.63) is 93.0 Å². The third-order valence-electron chi connectivity index (χ3n) is 5.97. The summed E-state index contributed by atoms with van der Waals surface area (Å²) in [6, 6.07) is 14.0. The molecule has 2 amide bonds. The predicted molar refractivity (Wildman–Crippen MR) is 138 cm³/mol. The van der Waals surface area contributed by atoms with Crippen LogP contribution in [-0.2, 0) is 11.8 Å². The van der Waals surface area contributed by atoms with E-state index in [9.17, 15) is 14.7 Å². The highest BCUT2D eigenvalue weighted by molar-refractivity contribution is 5.99. The molecule has 4 rings (SSSR count). The van der Waals surface area contributed by atoms with Gasteiger partial charge < -0.3 is 14.8 Å². The zero-order chi connectivity index (χ0) is 25.3. The first-order chi connectivity index (χ1) is 16.5. The normalized spacial score (nSPS) is 11.5. The van der Waals surface area contributed by atoms with Crippen molar-refractivity contribution in [1.29, 1.82) is 0 Å². The fourth-order valence-electron chi connectivity index (χ4n) is 3.95. The van der Waals surface area contributed by atoms with Crippen molar-refractivity contribution in [3.63, 3.8) is 0 Å². The highest BCUT2D eigenvalue weighted by Crippen LogP contribution is 2.35. The highest BCUT2D eigenvalue weighted by Gasteiger charge is 2.21. The quantitative estimate of drug-likeness (QED) is 0.315. The molecule has 3 N–H and O–H groups in total. The van der Waals surface area contributed by atoms with Crippen LogP contribution in [0, 0.1) is 13.8 Å². The summed E-state index contributed by atoms with van der Waals surface area (Å²) in [7, 11) is 0. The fourth-order valence-corrected chi connectivity index (χ4v) is 3.95. The zero-order valence-electron chi connectivity index (χ0n) is 20.5. The van der Waals surface area contributed by atoms with E-state index in [-0.39, 0.29) is 11.2 Å². The first-order valence-electron chi connectivity index (χ1n) is 11.4. The number of pyridine rings is 1. The third kappa shape index (κ3) is 5.35. The smallest absolute Gasteiger partial charge is 0.340 e. The first kappa shape index (κ1) is 24.0. The fraction of sp³-hybridized carbons (Fsp3) is 0.250. The van der Waals surface area contributed by atoms with Gasteiger partial charge in [-0.1, -0.05) is 44.5 Å². The molecule has 2 aromatic heterocycles. The van der Waals surface area contributed by atoms with Crippen LogP contribution in [0.25, 0.3) is 11.0 Å². The molecule has 0 aliphatic rings. The molecule has 0 bridgehead atoms. The summed E-state index contributed by atoms with van der Waals surface area (Å²) in [5.41, 5.74) is 4.37. The van der Waals surface area contributed by atoms with Crippen LogP contribution in [0.5, 0.6) is 5.75 Å². The van der Waals surface area contributed by atoms with Crippen molar-refractivity contribution >= 4 is 28.5 Å². The van der Waals surface area contributed by atoms with Crippen LogP contribution in [0.1, 0.15) is 48.6 Å². The molecular formula is C28H29N3O4. The molecule has 0 aliphatic carbocycles. The standard InChI is InChI=1S/C28H29N3O4/c1-16-6-9-19(10-7-16)30-27(34)31-25-11-8-18(15-29-25)12-21-17(2)20-13-22(28(3,4)5)23(32)14-24(20)35-26(21)33/h6-11,13-15,32H,12H2,1-5H3,(H2,29,30,31,34). The average Bonchev–Trinajstić information content (AvgIpc) is 2.78. The van der Waals surface area contributed by atoms with Crippen molar-refractivity contribution < 1.29 is 14.3 Å². The molecule has 0 aliphatic heterocycles. The molecule has 0 saturated carbocycles. The van der Waals surface area contributed by atoms with E-state index in [1.807, 2.05) is 71.0 Å². The summed E-state index contributed by atoms with van der Waals surface area (Å²) in [6.45, 7) is 9.92. The molecule has 0 spiro atoms. The van der Waals surface area contributed by atoms with Gasteiger partial charge in [0.15, 0.2) is 0 Å². The SMILES string of the molecule is Cc1ccc(NC(=O)Nc2ccc(Cc3c(C)c4cc(C(C)(C)C)c(O)cc4oc3=O)cn2)cc1. The average molecular weight is 472 g/mol. The van der Waals surface area contributed by atoms with Gasteiger partial charge in [-0.25, -0.2) is 14.6 Å². The summed E-state index contributed by atoms with van der Waals surface area (Å²) < 4.78 is 5.53. The number of carbonyl (C=O) groups excluding carboxylic acids is 1. The summed E-state index contributed by atoms with van der Waals surface area (Å²) in [6.07, 6.45) is 1.96. The number of phenols is 1. The molecule has 0 fully saturated rings. The van der Waals surface area contributed by atoms with Gasteiger partial charge in [-0.3, -0.25) is 5.32 Å². The molecule has 35 heavy (non-hydrogen) atoms. The number of aryl methyl sites for hydroxylation is 2. The maximum atomic E-state index is 12.7. The minimum absolute atomic E-state index is 0.110. The Morgan fingerprint density at radius 2 is 1.74 bits per heavy atom. The number of aromatic hydroxyl groups is 1. The van der Waals surface area contributed by atoms with E-state index < -0.39 is 11.7 Å². The first-order valence-corrected chi connectivity index (χ1v) is 11.4. The van der Waals surface area contributed by atoms with Crippen molar-refractivity contribution in [1.82, 2.24) is 4.98 Å². The van der Waals surface area contributed by atoms with Crippen molar-refractivity contribution in [3.8, 4) is 5.75 Å². The largest absolute Gasteiger partial charge is 0.508 e. The second-order valence-electron chi connectivity index (χ2n) is 9.78. The van der Waals surface area contributed by atoms with Crippen molar-refractivity contribution in [2.75, 3.05) is 10.6 Å². The number of anilines is 2. The Kier molecular flexibility index (Phi) is 6.35. The van der Waals surface area contributed by atoms with E-state index in [1.165, 1.54) is 6.07 Å². The number of phenolic OH excluding ortho intramolecular Hbond substituents is 1. The minimum atomic E-state index is -0.447. The second kappa shape index (κ2) is 9.25. The molecular weight excluding hydrogens is 442 g/mol. The molecule has 0 radical (unpaired) electrons. The molecule has 0 saturated heterocycles. The number of hydrogen-bond acceptors (Lipinski definition) is 5. The maximum absolute atomic E-state index is 12.7. The van der Waals surface area contributed by atoms with Gasteiger partial charge >= 0.3 is 11.7 Å². The van der Waals surface area contributed by atoms with Crippen LogP contribution >= 0.6 is 0 Å². The molecule has 0 unspecified atom stereocenters. The molecule has 180 valence electrons. The number of amides is 2. The Morgan fingerprint density at radius 3 is 2.37 bits per heavy atom. The second-order valence-corrected chi connectivity index (χ2v) is 9.78. The lowest BCUT2D eigenvalue weighted by molar-refractivity contribution is 0.262. The Labute approximate surface area is 203 Å². The van der Waals surface area contributed by atoms with Crippen LogP contribution in [-0.4, -0.2) is 16.1 Å². The predicted octanol–water partition coefficient (Wildman–Crippen LogP) is 6.04. The van der Waals surface area contributed by atoms with E-state index in [4.69, 9.17) is 4.42 Å². The van der Waals surface area contributed by atoms with Gasteiger partial charge in [-0.2, -0.15) is 0 Å². The summed E-state index contributed by atoms with van der Waals surface area (Å²) in [4.78, 5) is 29.3. The number of fused-ring (bicyclic) bond motifs is 1. The Bertz CT molecular complexity index is 1450. The van der Waals surface area contributed by atoms with Gasteiger partial charge in [0.1, 0.15) is 17.2 Å². The molecule has 0 atom stereocenters. The molecule has 2 aromatic carbocycles. The molecule has 4 aromatic rings. The topological polar surface area (TPSA) is 104 Å². The van der Waals surface area contributed by atoms with Crippen LogP contribution < -0.4 is 16.3 Å². The number of benzene rings is 2. The van der Waals surface area contributed by atoms with Gasteiger partial charge in [0, 0.05) is 40.9 Å². The lowest BCUT2D eigenvalue weighted by Gasteiger charge is -2.21. The maximum Gasteiger partial charge on any atom is 0.340 e. The molecule has 7 nitrogen and oxygen atoms in total. The summed E-state index contributed by atoms with van der Waals surface area (Å²) >= 11 is 0. The molecule has 7 heteroatoms. The lowest BCUT2D eigenvalue weighted by Crippen LogP contribution is -2.20. The van der Waals surface area contributed by atoms with Gasteiger partial charge in [-0.05, 0) is 54.7 Å².